The minimum absolute atomic E-state index is 0.00720. The second-order valence-corrected chi connectivity index (χ2v) is 24.5. The molecular weight excluding hydrogens is 1070 g/mol. The second-order valence-electron chi connectivity index (χ2n) is 24.5. The van der Waals surface area contributed by atoms with Gasteiger partial charge in [0.1, 0.15) is 30.4 Å². The number of carbonyl (C=O) groups excluding carboxylic acids is 3. The molecule has 0 atom stereocenters. The van der Waals surface area contributed by atoms with Crippen molar-refractivity contribution in [3.05, 3.63) is 155 Å². The number of aromatic nitrogens is 5. The molecular formula is C68H77N11O6. The van der Waals surface area contributed by atoms with Crippen molar-refractivity contribution in [1.29, 1.82) is 0 Å². The number of aryl methyl sites for hydroxylation is 4. The summed E-state index contributed by atoms with van der Waals surface area (Å²) in [6.45, 7) is 16.9. The van der Waals surface area contributed by atoms with E-state index in [1.165, 1.54) is 33.3 Å². The summed E-state index contributed by atoms with van der Waals surface area (Å²) >= 11 is 0. The van der Waals surface area contributed by atoms with Gasteiger partial charge in [0.2, 0.25) is 5.36 Å². The van der Waals surface area contributed by atoms with Gasteiger partial charge in [0.15, 0.2) is 5.65 Å². The van der Waals surface area contributed by atoms with E-state index < -0.39 is 5.97 Å². The van der Waals surface area contributed by atoms with E-state index in [0.29, 0.717) is 45.5 Å². The molecule has 17 heteroatoms. The lowest BCUT2D eigenvalue weighted by Gasteiger charge is -2.36. The standard InChI is InChI=1S/C68H77N11O6/c1-5-14-43-33-42(4)73-67(82)55(43)39-71-66(81)52-37-57(74-64-56(52)40-72-79(64)41(2)3)47-20-22-58(70-38-47)76-31-29-75(30-32-76)24-11-8-23-69-65(80)46-19-21-48(68(83)84)51(36-46)59-53-34-44-15-6-9-25-77-27-12-17-49(60(44)77)62(53)85-63-50-18-13-28-78-26-10-7-16-45(61(50)78)35-54(59)63/h19-22,33-38,40-41H,5-18,23-32,39H2,1-4H3,(H3-,69,71,73,80,81,82,83,84). The zero-order valence-electron chi connectivity index (χ0n) is 49.6. The number of anilines is 2. The number of hydrogen-bond donors (Lipinski definition) is 3. The molecule has 0 aliphatic carbocycles. The molecule has 4 aromatic heterocycles. The molecule has 13 rings (SSSR count). The highest BCUT2D eigenvalue weighted by Crippen LogP contribution is 2.49. The molecule has 0 unspecified atom stereocenters. The van der Waals surface area contributed by atoms with Gasteiger partial charge in [-0.1, -0.05) is 19.4 Å². The number of piperazine rings is 1. The predicted octanol–water partition coefficient (Wildman–Crippen LogP) is 6.86. The van der Waals surface area contributed by atoms with E-state index in [1.807, 2.05) is 49.8 Å². The number of amides is 2. The second kappa shape index (κ2) is 23.7. The zero-order chi connectivity index (χ0) is 58.5. The van der Waals surface area contributed by atoms with Crippen LogP contribution < -0.4 is 51.0 Å². The van der Waals surface area contributed by atoms with Gasteiger partial charge in [-0.15, -0.1) is 0 Å². The highest BCUT2D eigenvalue weighted by Gasteiger charge is 2.36. The number of carboxylic acids is 1. The van der Waals surface area contributed by atoms with Crippen LogP contribution in [0.4, 0.5) is 11.5 Å². The van der Waals surface area contributed by atoms with Crippen LogP contribution in [0.1, 0.15) is 166 Å². The van der Waals surface area contributed by atoms with Crippen molar-refractivity contribution in [2.45, 2.75) is 130 Å². The Morgan fingerprint density at radius 3 is 2.40 bits per heavy atom. The SMILES string of the molecule is CCCc1cc(C)[nH]c(=O)c1CNC(=O)c1cc(-c2ccc(N3CCN(CCCCNC(=O)c4ccc(C(=O)[O-])c(C5=c6cc7c8c(c6Oc6c5cc5c9c6CCCN9CCCC5)CCC[N+]=8CCCC7)c4)CC3)nc2)nc2c1cnn2C(C)C. The first-order valence-corrected chi connectivity index (χ1v) is 31.3. The maximum atomic E-state index is 14.2. The van der Waals surface area contributed by atoms with Crippen molar-refractivity contribution in [1.82, 2.24) is 44.8 Å². The monoisotopic (exact) mass is 1140 g/mol. The number of ether oxygens (including phenoxy) is 1. The Kier molecular flexibility index (Phi) is 15.6. The van der Waals surface area contributed by atoms with Crippen molar-refractivity contribution in [3.63, 3.8) is 0 Å². The third-order valence-electron chi connectivity index (χ3n) is 18.5. The van der Waals surface area contributed by atoms with Crippen LogP contribution in [-0.2, 0) is 38.6 Å². The van der Waals surface area contributed by atoms with Crippen LogP contribution in [0, 0.1) is 6.92 Å². The Labute approximate surface area is 495 Å². The van der Waals surface area contributed by atoms with Gasteiger partial charge in [-0.2, -0.15) is 5.10 Å². The fraction of sp³-hybridized carbons (Fsp3) is 0.441. The van der Waals surface area contributed by atoms with Crippen molar-refractivity contribution < 1.29 is 24.2 Å². The number of nitrogens with one attached hydrogen (secondary N) is 3. The first-order valence-electron chi connectivity index (χ1n) is 31.3. The topological polar surface area (TPSA) is 197 Å². The Balaban J connectivity index is 0.675. The average molecular weight is 1140 g/mol. The molecule has 440 valence electrons. The number of carboxylic acid groups (broad SMARTS) is 1. The van der Waals surface area contributed by atoms with Crippen LogP contribution in [-0.4, -0.2) is 113 Å². The number of nitrogens with zero attached hydrogens (tertiary/aromatic N) is 8. The fourth-order valence-electron chi connectivity index (χ4n) is 14.3. The number of carbonyl (C=O) groups is 3. The van der Waals surface area contributed by atoms with E-state index in [4.69, 9.17) is 14.7 Å². The summed E-state index contributed by atoms with van der Waals surface area (Å²) in [4.78, 5) is 74.6. The van der Waals surface area contributed by atoms with E-state index >= 15 is 0 Å². The number of aromatic carboxylic acids is 1. The largest absolute Gasteiger partial charge is 0.545 e. The Morgan fingerprint density at radius 2 is 1.59 bits per heavy atom. The Hall–Kier alpha value is -8.18. The van der Waals surface area contributed by atoms with Crippen LogP contribution in [0.5, 0.6) is 11.5 Å². The summed E-state index contributed by atoms with van der Waals surface area (Å²) < 4.78 is 11.7. The Bertz CT molecular complexity index is 4010. The lowest BCUT2D eigenvalue weighted by Crippen LogP contribution is -2.47. The first kappa shape index (κ1) is 56.0. The van der Waals surface area contributed by atoms with E-state index in [2.05, 4.69) is 59.0 Å². The van der Waals surface area contributed by atoms with E-state index in [1.54, 1.807) is 30.5 Å². The van der Waals surface area contributed by atoms with Crippen LogP contribution in [0.25, 0.3) is 27.9 Å². The number of rotatable bonds is 16. The van der Waals surface area contributed by atoms with Crippen molar-refractivity contribution in [2.75, 3.05) is 75.2 Å². The lowest BCUT2D eigenvalue weighted by molar-refractivity contribution is -0.255. The summed E-state index contributed by atoms with van der Waals surface area (Å²) in [5.41, 5.74) is 13.6. The van der Waals surface area contributed by atoms with Crippen LogP contribution in [0.15, 0.2) is 71.8 Å². The average Bonchev–Trinajstić information content (AvgIpc) is 1.35. The molecule has 10 heterocycles. The third-order valence-corrected chi connectivity index (χ3v) is 18.5. The van der Waals surface area contributed by atoms with Crippen LogP contribution in [0.3, 0.4) is 0 Å². The molecule has 6 aliphatic heterocycles. The van der Waals surface area contributed by atoms with Crippen molar-refractivity contribution in [3.8, 4) is 22.8 Å². The van der Waals surface area contributed by atoms with Gasteiger partial charge in [0.05, 0.1) is 34.4 Å². The highest BCUT2D eigenvalue weighted by molar-refractivity contribution is 6.07. The normalized spacial score (nSPS) is 16.5. The van der Waals surface area contributed by atoms with Gasteiger partial charge in [0, 0.05) is 139 Å². The number of hydrogen-bond acceptors (Lipinski definition) is 12. The molecule has 2 amide bonds. The van der Waals surface area contributed by atoms with Gasteiger partial charge < -0.3 is 40.1 Å². The van der Waals surface area contributed by atoms with Gasteiger partial charge >= 0.3 is 0 Å². The van der Waals surface area contributed by atoms with Gasteiger partial charge in [-0.05, 0) is 163 Å². The minimum Gasteiger partial charge on any atom is -0.545 e. The molecule has 85 heavy (non-hydrogen) atoms. The molecule has 1 saturated heterocycles. The molecule has 17 nitrogen and oxygen atoms in total. The molecule has 0 spiro atoms. The van der Waals surface area contributed by atoms with Crippen LogP contribution >= 0.6 is 0 Å². The molecule has 7 aromatic rings. The van der Waals surface area contributed by atoms with Crippen LogP contribution in [0.2, 0.25) is 0 Å². The molecule has 3 aromatic carbocycles. The highest BCUT2D eigenvalue weighted by atomic mass is 16.5. The van der Waals surface area contributed by atoms with E-state index in [9.17, 15) is 24.3 Å². The maximum Gasteiger partial charge on any atom is 0.253 e. The summed E-state index contributed by atoms with van der Waals surface area (Å²) in [6, 6.07) is 17.4. The molecule has 1 fully saturated rings. The fourth-order valence-corrected chi connectivity index (χ4v) is 14.3. The number of unbranched alkanes of at least 4 members (excludes halogenated alkanes) is 1. The summed E-state index contributed by atoms with van der Waals surface area (Å²) in [6.07, 6.45) is 17.0. The molecule has 0 bridgehead atoms. The number of H-pyrrole nitrogens is 1. The van der Waals surface area contributed by atoms with Crippen molar-refractivity contribution in [2.24, 2.45) is 0 Å². The smallest absolute Gasteiger partial charge is 0.253 e. The first-order chi connectivity index (χ1) is 41.4. The molecule has 6 aliphatic rings. The summed E-state index contributed by atoms with van der Waals surface area (Å²) in [5.74, 6) is 0.746. The molecule has 0 saturated carbocycles. The van der Waals surface area contributed by atoms with Gasteiger partial charge in [-0.3, -0.25) is 19.3 Å². The number of pyridine rings is 3. The minimum atomic E-state index is -1.27. The number of fused-ring (bicyclic) bond motifs is 5. The number of aromatic amines is 1. The lowest BCUT2D eigenvalue weighted by atomic mass is 9.82. The Morgan fingerprint density at radius 1 is 0.776 bits per heavy atom. The maximum absolute atomic E-state index is 14.2. The molecule has 3 N–H and O–H groups in total. The quantitative estimate of drug-likeness (QED) is 0.0673. The third kappa shape index (κ3) is 10.8. The van der Waals surface area contributed by atoms with E-state index in [-0.39, 0.29) is 35.5 Å². The van der Waals surface area contributed by atoms with Gasteiger partial charge in [-0.25, -0.2) is 19.2 Å². The number of benzene rings is 3. The van der Waals surface area contributed by atoms with Crippen molar-refractivity contribution >= 4 is 45.9 Å². The van der Waals surface area contributed by atoms with E-state index in [0.717, 1.165) is 199 Å². The summed E-state index contributed by atoms with van der Waals surface area (Å²) in [5, 5.41) is 26.9. The molecule has 0 radical (unpaired) electrons. The zero-order valence-corrected chi connectivity index (χ0v) is 49.6. The summed E-state index contributed by atoms with van der Waals surface area (Å²) in [7, 11) is 0. The van der Waals surface area contributed by atoms with Gasteiger partial charge in [0.25, 0.3) is 17.4 Å². The predicted molar refractivity (Wildman–Crippen MR) is 329 cm³/mol.